The SMILES string of the molecule is O=C(Nc1cccc(F)c1)c1ccc(Br)c(C(F)(F)F)c1. The summed E-state index contributed by atoms with van der Waals surface area (Å²) in [7, 11) is 0. The summed E-state index contributed by atoms with van der Waals surface area (Å²) in [6.07, 6.45) is -4.58. The summed E-state index contributed by atoms with van der Waals surface area (Å²) < 4.78 is 51.1. The zero-order chi connectivity index (χ0) is 15.6. The van der Waals surface area contributed by atoms with Gasteiger partial charge in [0.15, 0.2) is 0 Å². The highest BCUT2D eigenvalue weighted by molar-refractivity contribution is 9.10. The van der Waals surface area contributed by atoms with Crippen molar-refractivity contribution < 1.29 is 22.4 Å². The van der Waals surface area contributed by atoms with Crippen LogP contribution < -0.4 is 5.32 Å². The average Bonchev–Trinajstić information content (AvgIpc) is 2.37. The van der Waals surface area contributed by atoms with Gasteiger partial charge < -0.3 is 5.32 Å². The molecule has 0 bridgehead atoms. The fraction of sp³-hybridized carbons (Fsp3) is 0.0714. The minimum absolute atomic E-state index is 0.155. The number of nitrogens with one attached hydrogen (secondary N) is 1. The van der Waals surface area contributed by atoms with Gasteiger partial charge >= 0.3 is 6.18 Å². The molecule has 0 spiro atoms. The number of benzene rings is 2. The van der Waals surface area contributed by atoms with Crippen molar-refractivity contribution in [3.05, 3.63) is 63.9 Å². The smallest absolute Gasteiger partial charge is 0.322 e. The Bertz CT molecular complexity index is 685. The first kappa shape index (κ1) is 15.5. The third-order valence-corrected chi connectivity index (χ3v) is 3.31. The maximum atomic E-state index is 13.0. The predicted octanol–water partition coefficient (Wildman–Crippen LogP) is 4.86. The normalized spacial score (nSPS) is 11.3. The molecule has 0 aliphatic rings. The van der Waals surface area contributed by atoms with Gasteiger partial charge in [0.05, 0.1) is 5.56 Å². The Kier molecular flexibility index (Phi) is 4.32. The molecule has 2 rings (SSSR count). The average molecular weight is 362 g/mol. The molecule has 2 aromatic rings. The van der Waals surface area contributed by atoms with Crippen molar-refractivity contribution in [3.8, 4) is 0 Å². The van der Waals surface area contributed by atoms with E-state index in [1.807, 2.05) is 0 Å². The van der Waals surface area contributed by atoms with E-state index in [0.717, 1.165) is 18.2 Å². The number of amides is 1. The van der Waals surface area contributed by atoms with E-state index in [2.05, 4.69) is 21.2 Å². The molecule has 21 heavy (non-hydrogen) atoms. The van der Waals surface area contributed by atoms with Gasteiger partial charge in [0.25, 0.3) is 5.91 Å². The van der Waals surface area contributed by atoms with Crippen molar-refractivity contribution in [1.82, 2.24) is 0 Å². The molecule has 0 aromatic heterocycles. The van der Waals surface area contributed by atoms with Gasteiger partial charge in [0.2, 0.25) is 0 Å². The standard InChI is InChI=1S/C14H8BrF4NO/c15-12-5-4-8(6-11(12)14(17,18)19)13(21)20-10-3-1-2-9(16)7-10/h1-7H,(H,20,21). The quantitative estimate of drug-likeness (QED) is 0.760. The van der Waals surface area contributed by atoms with Crippen molar-refractivity contribution in [1.29, 1.82) is 0 Å². The van der Waals surface area contributed by atoms with Crippen LogP contribution in [0, 0.1) is 5.82 Å². The highest BCUT2D eigenvalue weighted by Crippen LogP contribution is 2.35. The van der Waals surface area contributed by atoms with Crippen molar-refractivity contribution in [2.24, 2.45) is 0 Å². The lowest BCUT2D eigenvalue weighted by atomic mass is 10.1. The Balaban J connectivity index is 2.28. The summed E-state index contributed by atoms with van der Waals surface area (Å²) >= 11 is 2.79. The van der Waals surface area contributed by atoms with Crippen LogP contribution in [0.25, 0.3) is 0 Å². The molecule has 2 aromatic carbocycles. The van der Waals surface area contributed by atoms with E-state index in [1.54, 1.807) is 0 Å². The number of hydrogen-bond acceptors (Lipinski definition) is 1. The Morgan fingerprint density at radius 3 is 2.43 bits per heavy atom. The van der Waals surface area contributed by atoms with Crippen LogP contribution in [0.5, 0.6) is 0 Å². The number of alkyl halides is 3. The van der Waals surface area contributed by atoms with Gasteiger partial charge in [-0.25, -0.2) is 4.39 Å². The zero-order valence-corrected chi connectivity index (χ0v) is 11.9. The molecule has 1 N–H and O–H groups in total. The van der Waals surface area contributed by atoms with E-state index < -0.39 is 23.5 Å². The van der Waals surface area contributed by atoms with Crippen molar-refractivity contribution in [2.75, 3.05) is 5.32 Å². The summed E-state index contributed by atoms with van der Waals surface area (Å²) in [5.74, 6) is -1.31. The minimum atomic E-state index is -4.58. The van der Waals surface area contributed by atoms with Gasteiger partial charge in [-0.2, -0.15) is 13.2 Å². The highest BCUT2D eigenvalue weighted by atomic mass is 79.9. The van der Waals surface area contributed by atoms with Crippen LogP contribution in [0.15, 0.2) is 46.9 Å². The number of hydrogen-bond donors (Lipinski definition) is 1. The zero-order valence-electron chi connectivity index (χ0n) is 10.3. The third kappa shape index (κ3) is 3.81. The van der Waals surface area contributed by atoms with Crippen LogP contribution in [0.2, 0.25) is 0 Å². The molecule has 0 aliphatic carbocycles. The molecular weight excluding hydrogens is 354 g/mol. The van der Waals surface area contributed by atoms with E-state index in [9.17, 15) is 22.4 Å². The molecule has 0 unspecified atom stereocenters. The molecule has 0 saturated carbocycles. The molecular formula is C14H8BrF4NO. The lowest BCUT2D eigenvalue weighted by Gasteiger charge is -2.11. The van der Waals surface area contributed by atoms with Crippen molar-refractivity contribution in [3.63, 3.8) is 0 Å². The lowest BCUT2D eigenvalue weighted by molar-refractivity contribution is -0.138. The topological polar surface area (TPSA) is 29.1 Å². The number of carbonyl (C=O) groups is 1. The summed E-state index contributed by atoms with van der Waals surface area (Å²) in [6.45, 7) is 0. The fourth-order valence-electron chi connectivity index (χ4n) is 1.65. The third-order valence-electron chi connectivity index (χ3n) is 2.62. The molecule has 0 aliphatic heterocycles. The number of halogens is 5. The largest absolute Gasteiger partial charge is 0.417 e. The molecule has 0 radical (unpaired) electrons. The Morgan fingerprint density at radius 2 is 1.81 bits per heavy atom. The van der Waals surface area contributed by atoms with Gasteiger partial charge in [0, 0.05) is 15.7 Å². The number of rotatable bonds is 2. The van der Waals surface area contributed by atoms with Gasteiger partial charge in [-0.3, -0.25) is 4.79 Å². The monoisotopic (exact) mass is 361 g/mol. The Labute approximate surface area is 125 Å². The van der Waals surface area contributed by atoms with Gasteiger partial charge in [-0.15, -0.1) is 0 Å². The van der Waals surface area contributed by atoms with Crippen LogP contribution in [0.1, 0.15) is 15.9 Å². The molecule has 0 saturated heterocycles. The predicted molar refractivity (Wildman–Crippen MR) is 73.5 cm³/mol. The van der Waals surface area contributed by atoms with Crippen molar-refractivity contribution in [2.45, 2.75) is 6.18 Å². The molecule has 2 nitrogen and oxygen atoms in total. The minimum Gasteiger partial charge on any atom is -0.322 e. The van der Waals surface area contributed by atoms with Crippen LogP contribution in [-0.2, 0) is 6.18 Å². The second kappa shape index (κ2) is 5.85. The molecule has 0 atom stereocenters. The van der Waals surface area contributed by atoms with E-state index in [-0.39, 0.29) is 15.7 Å². The second-order valence-corrected chi connectivity index (χ2v) is 5.01. The second-order valence-electron chi connectivity index (χ2n) is 4.16. The summed E-state index contributed by atoms with van der Waals surface area (Å²) in [5.41, 5.74) is -0.958. The number of carbonyl (C=O) groups excluding carboxylic acids is 1. The summed E-state index contributed by atoms with van der Waals surface area (Å²) in [6, 6.07) is 8.20. The first-order valence-electron chi connectivity index (χ1n) is 5.71. The first-order valence-corrected chi connectivity index (χ1v) is 6.50. The molecule has 110 valence electrons. The summed E-state index contributed by atoms with van der Waals surface area (Å²) in [4.78, 5) is 11.9. The molecule has 0 heterocycles. The maximum Gasteiger partial charge on any atom is 0.417 e. The maximum absolute atomic E-state index is 13.0. The van der Waals surface area contributed by atoms with Gasteiger partial charge in [-0.05, 0) is 36.4 Å². The fourth-order valence-corrected chi connectivity index (χ4v) is 2.12. The molecule has 1 amide bonds. The molecule has 0 fully saturated rings. The lowest BCUT2D eigenvalue weighted by Crippen LogP contribution is -2.14. The van der Waals surface area contributed by atoms with Crippen LogP contribution in [0.3, 0.4) is 0 Å². The van der Waals surface area contributed by atoms with Crippen molar-refractivity contribution >= 4 is 27.5 Å². The highest BCUT2D eigenvalue weighted by Gasteiger charge is 2.33. The van der Waals surface area contributed by atoms with E-state index in [0.29, 0.717) is 0 Å². The number of anilines is 1. The first-order chi connectivity index (χ1) is 9.77. The van der Waals surface area contributed by atoms with Gasteiger partial charge in [-0.1, -0.05) is 22.0 Å². The van der Waals surface area contributed by atoms with Crippen LogP contribution in [0.4, 0.5) is 23.2 Å². The van der Waals surface area contributed by atoms with E-state index >= 15 is 0 Å². The van der Waals surface area contributed by atoms with E-state index in [4.69, 9.17) is 0 Å². The Hall–Kier alpha value is -1.89. The van der Waals surface area contributed by atoms with Gasteiger partial charge in [0.1, 0.15) is 5.82 Å². The Morgan fingerprint density at radius 1 is 1.10 bits per heavy atom. The summed E-state index contributed by atoms with van der Waals surface area (Å²) in [5, 5.41) is 2.34. The van der Waals surface area contributed by atoms with E-state index in [1.165, 1.54) is 24.3 Å². The molecule has 7 heteroatoms. The van der Waals surface area contributed by atoms with Crippen LogP contribution >= 0.6 is 15.9 Å². The van der Waals surface area contributed by atoms with Crippen LogP contribution in [-0.4, -0.2) is 5.91 Å².